The van der Waals surface area contributed by atoms with E-state index in [0.717, 1.165) is 11.8 Å². The van der Waals surface area contributed by atoms with Gasteiger partial charge in [-0.15, -0.1) is 0 Å². The minimum absolute atomic E-state index is 0.226. The van der Waals surface area contributed by atoms with Crippen molar-refractivity contribution in [3.05, 3.63) is 27.6 Å². The van der Waals surface area contributed by atoms with E-state index < -0.39 is 0 Å². The number of hydrogen-bond donors (Lipinski definition) is 1. The Kier molecular flexibility index (Phi) is 4.01. The number of thioether (sulfide) groups is 1. The van der Waals surface area contributed by atoms with Crippen LogP contribution in [0.3, 0.4) is 0 Å². The van der Waals surface area contributed by atoms with Crippen LogP contribution in [0.5, 0.6) is 11.5 Å². The van der Waals surface area contributed by atoms with Crippen molar-refractivity contribution >= 4 is 40.5 Å². The van der Waals surface area contributed by atoms with E-state index in [2.05, 4.69) is 4.99 Å². The topological polar surface area (TPSA) is 73.9 Å². The van der Waals surface area contributed by atoms with Crippen molar-refractivity contribution in [3.63, 3.8) is 0 Å². The van der Waals surface area contributed by atoms with Crippen molar-refractivity contribution in [2.75, 3.05) is 14.2 Å². The van der Waals surface area contributed by atoms with Crippen LogP contribution in [0.4, 0.5) is 0 Å². The van der Waals surface area contributed by atoms with Gasteiger partial charge in [-0.1, -0.05) is 11.6 Å². The first kappa shape index (κ1) is 13.8. The second-order valence-corrected chi connectivity index (χ2v) is 5.10. The van der Waals surface area contributed by atoms with Gasteiger partial charge in [-0.25, -0.2) is 0 Å². The highest BCUT2D eigenvalue weighted by molar-refractivity contribution is 8.18. The fraction of sp³-hybridized carbons (Fsp3) is 0.167. The molecular weight excluding hydrogens is 288 g/mol. The average Bonchev–Trinajstić information content (AvgIpc) is 2.67. The number of nitrogens with two attached hydrogens (primary N) is 1. The van der Waals surface area contributed by atoms with Crippen LogP contribution in [0.2, 0.25) is 5.02 Å². The molecule has 0 aliphatic carbocycles. The average molecular weight is 299 g/mol. The highest BCUT2D eigenvalue weighted by atomic mass is 35.5. The smallest absolute Gasteiger partial charge is 0.286 e. The number of aliphatic imine (C=N–C) groups is 1. The van der Waals surface area contributed by atoms with Crippen LogP contribution in [0.1, 0.15) is 5.56 Å². The van der Waals surface area contributed by atoms with E-state index in [-0.39, 0.29) is 11.1 Å². The van der Waals surface area contributed by atoms with Gasteiger partial charge in [-0.2, -0.15) is 4.99 Å². The third-order valence-corrected chi connectivity index (χ3v) is 3.43. The summed E-state index contributed by atoms with van der Waals surface area (Å²) in [7, 11) is 3.03. The molecule has 100 valence electrons. The molecule has 0 unspecified atom stereocenters. The number of amides is 1. The predicted molar refractivity (Wildman–Crippen MR) is 76.8 cm³/mol. The third kappa shape index (κ3) is 2.85. The molecule has 0 saturated carbocycles. The van der Waals surface area contributed by atoms with Crippen LogP contribution < -0.4 is 15.2 Å². The number of carbonyl (C=O) groups excluding carboxylic acids is 1. The van der Waals surface area contributed by atoms with Gasteiger partial charge in [-0.05, 0) is 23.9 Å². The zero-order valence-electron chi connectivity index (χ0n) is 10.3. The number of halogens is 1. The summed E-state index contributed by atoms with van der Waals surface area (Å²) in [6.45, 7) is 0. The summed E-state index contributed by atoms with van der Waals surface area (Å²) in [6, 6.07) is 3.31. The molecule has 0 atom stereocenters. The van der Waals surface area contributed by atoms with E-state index in [1.807, 2.05) is 0 Å². The van der Waals surface area contributed by atoms with E-state index in [9.17, 15) is 4.79 Å². The molecule has 0 aromatic heterocycles. The number of hydrogen-bond acceptors (Lipinski definition) is 5. The summed E-state index contributed by atoms with van der Waals surface area (Å²) in [5.74, 6) is 0.618. The Morgan fingerprint density at radius 2 is 2.11 bits per heavy atom. The molecule has 0 fully saturated rings. The van der Waals surface area contributed by atoms with Crippen molar-refractivity contribution < 1.29 is 14.3 Å². The molecule has 1 heterocycles. The lowest BCUT2D eigenvalue weighted by molar-refractivity contribution is -0.113. The van der Waals surface area contributed by atoms with Gasteiger partial charge in [0.2, 0.25) is 0 Å². The first-order valence-corrected chi connectivity index (χ1v) is 6.44. The fourth-order valence-corrected chi connectivity index (χ4v) is 2.52. The van der Waals surface area contributed by atoms with Gasteiger partial charge in [0.1, 0.15) is 0 Å². The molecule has 0 radical (unpaired) electrons. The molecular formula is C12H11ClN2O3S. The molecule has 0 saturated heterocycles. The molecule has 1 aromatic rings. The second-order valence-electron chi connectivity index (χ2n) is 3.60. The van der Waals surface area contributed by atoms with Crippen LogP contribution >= 0.6 is 23.4 Å². The SMILES string of the molecule is COc1cc(Cl)cc(/C=C2/SC(N)=NC2=O)c1OC. The molecule has 2 rings (SSSR count). The van der Waals surface area contributed by atoms with Gasteiger partial charge >= 0.3 is 0 Å². The number of rotatable bonds is 3. The van der Waals surface area contributed by atoms with Gasteiger partial charge in [0.05, 0.1) is 19.1 Å². The maximum atomic E-state index is 11.6. The number of nitrogens with zero attached hydrogens (tertiary/aromatic N) is 1. The molecule has 1 aliphatic rings. The van der Waals surface area contributed by atoms with E-state index in [1.165, 1.54) is 14.2 Å². The van der Waals surface area contributed by atoms with Crippen LogP contribution in [-0.2, 0) is 4.79 Å². The lowest BCUT2D eigenvalue weighted by Gasteiger charge is -2.11. The summed E-state index contributed by atoms with van der Waals surface area (Å²) in [6.07, 6.45) is 1.63. The molecule has 7 heteroatoms. The molecule has 1 aliphatic heterocycles. The summed E-state index contributed by atoms with van der Waals surface area (Å²) in [5, 5.41) is 0.707. The van der Waals surface area contributed by atoms with Gasteiger partial charge in [-0.3, -0.25) is 4.79 Å². The maximum Gasteiger partial charge on any atom is 0.286 e. The predicted octanol–water partition coefficient (Wildman–Crippen LogP) is 2.29. The van der Waals surface area contributed by atoms with Crippen molar-refractivity contribution in [2.45, 2.75) is 0 Å². The Hall–Kier alpha value is -1.66. The van der Waals surface area contributed by atoms with Gasteiger partial charge < -0.3 is 15.2 Å². The summed E-state index contributed by atoms with van der Waals surface area (Å²) >= 11 is 7.11. The Morgan fingerprint density at radius 1 is 1.37 bits per heavy atom. The number of methoxy groups -OCH3 is 2. The summed E-state index contributed by atoms with van der Waals surface area (Å²) in [4.78, 5) is 15.6. The molecule has 1 amide bonds. The minimum Gasteiger partial charge on any atom is -0.493 e. The number of benzene rings is 1. The zero-order chi connectivity index (χ0) is 14.0. The van der Waals surface area contributed by atoms with Gasteiger partial charge in [0.15, 0.2) is 16.7 Å². The quantitative estimate of drug-likeness (QED) is 0.867. The van der Waals surface area contributed by atoms with Crippen LogP contribution in [0, 0.1) is 0 Å². The summed E-state index contributed by atoms with van der Waals surface area (Å²) < 4.78 is 10.5. The van der Waals surface area contributed by atoms with Gasteiger partial charge in [0.25, 0.3) is 5.91 Å². The molecule has 5 nitrogen and oxygen atoms in total. The normalized spacial score (nSPS) is 16.7. The fourth-order valence-electron chi connectivity index (χ4n) is 1.63. The second kappa shape index (κ2) is 5.54. The van der Waals surface area contributed by atoms with Gasteiger partial charge in [0, 0.05) is 16.7 Å². The number of amidine groups is 1. The van der Waals surface area contributed by atoms with E-state index in [1.54, 1.807) is 18.2 Å². The minimum atomic E-state index is -0.372. The first-order chi connectivity index (χ1) is 9.05. The Bertz CT molecular complexity index is 599. The highest BCUT2D eigenvalue weighted by Crippen LogP contribution is 2.37. The number of carbonyl (C=O) groups is 1. The maximum absolute atomic E-state index is 11.6. The Labute approximate surface area is 119 Å². The lowest BCUT2D eigenvalue weighted by atomic mass is 10.1. The lowest BCUT2D eigenvalue weighted by Crippen LogP contribution is -2.01. The molecule has 0 spiro atoms. The number of ether oxygens (including phenoxy) is 2. The Morgan fingerprint density at radius 3 is 2.63 bits per heavy atom. The van der Waals surface area contributed by atoms with Crippen molar-refractivity contribution in [1.29, 1.82) is 0 Å². The standard InChI is InChI=1S/C12H11ClN2O3S/c1-17-8-5-7(13)3-6(10(8)18-2)4-9-11(16)15-12(14)19-9/h3-5H,1-2H3,(H2,14,15,16)/b9-4+. The van der Waals surface area contributed by atoms with Crippen molar-refractivity contribution in [3.8, 4) is 11.5 Å². The molecule has 1 aromatic carbocycles. The molecule has 19 heavy (non-hydrogen) atoms. The zero-order valence-corrected chi connectivity index (χ0v) is 11.8. The summed E-state index contributed by atoms with van der Waals surface area (Å²) in [5.41, 5.74) is 6.13. The van der Waals surface area contributed by atoms with Crippen LogP contribution in [0.15, 0.2) is 22.0 Å². The van der Waals surface area contributed by atoms with Crippen molar-refractivity contribution in [1.82, 2.24) is 0 Å². The largest absolute Gasteiger partial charge is 0.493 e. The van der Waals surface area contributed by atoms with E-state index in [0.29, 0.717) is 27.0 Å². The highest BCUT2D eigenvalue weighted by Gasteiger charge is 2.21. The van der Waals surface area contributed by atoms with E-state index >= 15 is 0 Å². The van der Waals surface area contributed by atoms with Crippen molar-refractivity contribution in [2.24, 2.45) is 10.7 Å². The van der Waals surface area contributed by atoms with Crippen LogP contribution in [0.25, 0.3) is 6.08 Å². The Balaban J connectivity index is 2.48. The molecule has 0 bridgehead atoms. The monoisotopic (exact) mass is 298 g/mol. The third-order valence-electron chi connectivity index (χ3n) is 2.40. The van der Waals surface area contributed by atoms with Crippen LogP contribution in [-0.4, -0.2) is 25.3 Å². The van der Waals surface area contributed by atoms with E-state index in [4.69, 9.17) is 26.8 Å². The molecule has 2 N–H and O–H groups in total. The first-order valence-electron chi connectivity index (χ1n) is 5.24.